The standard InChI is InChI=1S/C21H26O/c1-5-17-7-10-19(11-8-17)20-12-9-18(6-2)15-21(20)22-14-13-16(3)4/h7-13,15H,5-6,14H2,1-4H3. The van der Waals surface area contributed by atoms with Crippen molar-refractivity contribution in [2.45, 2.75) is 40.5 Å². The molecule has 116 valence electrons. The zero-order chi connectivity index (χ0) is 15.9. The minimum absolute atomic E-state index is 0.621. The maximum absolute atomic E-state index is 6.03. The maximum Gasteiger partial charge on any atom is 0.127 e. The Balaban J connectivity index is 2.33. The molecule has 0 aromatic heterocycles. The van der Waals surface area contributed by atoms with Crippen molar-refractivity contribution in [3.05, 3.63) is 65.2 Å². The predicted molar refractivity (Wildman–Crippen MR) is 95.6 cm³/mol. The van der Waals surface area contributed by atoms with E-state index in [4.69, 9.17) is 4.74 Å². The Kier molecular flexibility index (Phi) is 5.83. The quantitative estimate of drug-likeness (QED) is 0.610. The first kappa shape index (κ1) is 16.4. The summed E-state index contributed by atoms with van der Waals surface area (Å²) in [5, 5.41) is 0. The van der Waals surface area contributed by atoms with Gasteiger partial charge in [-0.1, -0.05) is 55.8 Å². The molecule has 22 heavy (non-hydrogen) atoms. The van der Waals surface area contributed by atoms with Crippen molar-refractivity contribution in [3.8, 4) is 16.9 Å². The van der Waals surface area contributed by atoms with E-state index in [2.05, 4.69) is 76.2 Å². The van der Waals surface area contributed by atoms with E-state index in [1.54, 1.807) is 0 Å². The predicted octanol–water partition coefficient (Wildman–Crippen LogP) is 5.82. The Hall–Kier alpha value is -2.02. The SMILES string of the molecule is CCc1ccc(-c2ccc(CC)cc2OCC=C(C)C)cc1. The van der Waals surface area contributed by atoms with Crippen LogP contribution in [-0.2, 0) is 12.8 Å². The van der Waals surface area contributed by atoms with Crippen LogP contribution in [-0.4, -0.2) is 6.61 Å². The average Bonchev–Trinajstić information content (AvgIpc) is 2.54. The topological polar surface area (TPSA) is 9.23 Å². The number of hydrogen-bond acceptors (Lipinski definition) is 1. The Morgan fingerprint density at radius 1 is 0.909 bits per heavy atom. The van der Waals surface area contributed by atoms with Crippen molar-refractivity contribution < 1.29 is 4.74 Å². The van der Waals surface area contributed by atoms with Crippen LogP contribution >= 0.6 is 0 Å². The minimum atomic E-state index is 0.621. The van der Waals surface area contributed by atoms with Gasteiger partial charge in [0.2, 0.25) is 0 Å². The Morgan fingerprint density at radius 2 is 1.55 bits per heavy atom. The highest BCUT2D eigenvalue weighted by molar-refractivity contribution is 5.71. The summed E-state index contributed by atoms with van der Waals surface area (Å²) in [6.07, 6.45) is 4.20. The van der Waals surface area contributed by atoms with Gasteiger partial charge in [-0.05, 0) is 55.5 Å². The fourth-order valence-corrected chi connectivity index (χ4v) is 2.36. The number of aryl methyl sites for hydroxylation is 2. The molecule has 1 nitrogen and oxygen atoms in total. The lowest BCUT2D eigenvalue weighted by atomic mass is 10.00. The fourth-order valence-electron chi connectivity index (χ4n) is 2.36. The van der Waals surface area contributed by atoms with Gasteiger partial charge >= 0.3 is 0 Å². The first-order valence-electron chi connectivity index (χ1n) is 8.12. The number of ether oxygens (including phenoxy) is 1. The van der Waals surface area contributed by atoms with Gasteiger partial charge < -0.3 is 4.74 Å². The molecule has 0 aliphatic rings. The lowest BCUT2D eigenvalue weighted by Gasteiger charge is -2.13. The highest BCUT2D eigenvalue weighted by atomic mass is 16.5. The van der Waals surface area contributed by atoms with Gasteiger partial charge in [-0.15, -0.1) is 0 Å². The van der Waals surface area contributed by atoms with E-state index < -0.39 is 0 Å². The van der Waals surface area contributed by atoms with Gasteiger partial charge in [0.1, 0.15) is 12.4 Å². The third-order valence-corrected chi connectivity index (χ3v) is 3.86. The summed E-state index contributed by atoms with van der Waals surface area (Å²) < 4.78 is 6.03. The molecule has 0 saturated heterocycles. The summed E-state index contributed by atoms with van der Waals surface area (Å²) in [5.41, 5.74) is 6.33. The van der Waals surface area contributed by atoms with Crippen LogP contribution in [0.2, 0.25) is 0 Å². The summed E-state index contributed by atoms with van der Waals surface area (Å²) in [6.45, 7) is 9.16. The molecule has 0 N–H and O–H groups in total. The van der Waals surface area contributed by atoms with Gasteiger partial charge in [0.05, 0.1) is 0 Å². The summed E-state index contributed by atoms with van der Waals surface area (Å²) >= 11 is 0. The Morgan fingerprint density at radius 3 is 2.14 bits per heavy atom. The zero-order valence-corrected chi connectivity index (χ0v) is 14.1. The van der Waals surface area contributed by atoms with E-state index in [1.807, 2.05) is 0 Å². The van der Waals surface area contributed by atoms with Gasteiger partial charge in [-0.2, -0.15) is 0 Å². The molecule has 0 bridgehead atoms. The fraction of sp³-hybridized carbons (Fsp3) is 0.333. The van der Waals surface area contributed by atoms with E-state index in [1.165, 1.54) is 27.8 Å². The van der Waals surface area contributed by atoms with Crippen molar-refractivity contribution in [2.75, 3.05) is 6.61 Å². The first-order chi connectivity index (χ1) is 10.6. The van der Waals surface area contributed by atoms with Crippen molar-refractivity contribution in [1.29, 1.82) is 0 Å². The van der Waals surface area contributed by atoms with Crippen molar-refractivity contribution >= 4 is 0 Å². The molecule has 2 aromatic carbocycles. The minimum Gasteiger partial charge on any atom is -0.489 e. The molecule has 0 unspecified atom stereocenters. The summed E-state index contributed by atoms with van der Waals surface area (Å²) in [5.74, 6) is 0.973. The molecule has 0 heterocycles. The van der Waals surface area contributed by atoms with Crippen LogP contribution in [0.15, 0.2) is 54.1 Å². The molecule has 0 amide bonds. The number of benzene rings is 2. The van der Waals surface area contributed by atoms with E-state index in [0.29, 0.717) is 6.61 Å². The first-order valence-corrected chi connectivity index (χ1v) is 8.12. The number of allylic oxidation sites excluding steroid dienone is 1. The smallest absolute Gasteiger partial charge is 0.127 e. The van der Waals surface area contributed by atoms with Crippen LogP contribution in [0.5, 0.6) is 5.75 Å². The Bertz CT molecular complexity index is 631. The third kappa shape index (κ3) is 4.24. The highest BCUT2D eigenvalue weighted by Crippen LogP contribution is 2.31. The summed E-state index contributed by atoms with van der Waals surface area (Å²) in [4.78, 5) is 0. The lowest BCUT2D eigenvalue weighted by molar-refractivity contribution is 0.363. The second-order valence-electron chi connectivity index (χ2n) is 5.83. The monoisotopic (exact) mass is 294 g/mol. The number of rotatable bonds is 6. The molecule has 2 aromatic rings. The second kappa shape index (κ2) is 7.84. The third-order valence-electron chi connectivity index (χ3n) is 3.86. The molecule has 0 saturated carbocycles. The molecular formula is C21H26O. The molecule has 0 radical (unpaired) electrons. The Labute approximate surface area is 134 Å². The van der Waals surface area contributed by atoms with Crippen LogP contribution in [0.1, 0.15) is 38.8 Å². The van der Waals surface area contributed by atoms with Crippen molar-refractivity contribution in [3.63, 3.8) is 0 Å². The molecule has 0 spiro atoms. The van der Waals surface area contributed by atoms with Crippen LogP contribution in [0, 0.1) is 0 Å². The van der Waals surface area contributed by atoms with Gasteiger partial charge in [-0.25, -0.2) is 0 Å². The zero-order valence-electron chi connectivity index (χ0n) is 14.1. The molecule has 1 heteroatoms. The maximum atomic E-state index is 6.03. The second-order valence-corrected chi connectivity index (χ2v) is 5.83. The molecule has 0 aliphatic heterocycles. The lowest BCUT2D eigenvalue weighted by Crippen LogP contribution is -1.97. The molecule has 2 rings (SSSR count). The normalized spacial score (nSPS) is 10.4. The largest absolute Gasteiger partial charge is 0.489 e. The van der Waals surface area contributed by atoms with Crippen LogP contribution in [0.4, 0.5) is 0 Å². The number of hydrogen-bond donors (Lipinski definition) is 0. The summed E-state index contributed by atoms with van der Waals surface area (Å²) in [7, 11) is 0. The van der Waals surface area contributed by atoms with E-state index in [9.17, 15) is 0 Å². The molecule has 0 atom stereocenters. The summed E-state index contributed by atoms with van der Waals surface area (Å²) in [6, 6.07) is 15.3. The van der Waals surface area contributed by atoms with E-state index >= 15 is 0 Å². The van der Waals surface area contributed by atoms with Crippen LogP contribution in [0.25, 0.3) is 11.1 Å². The van der Waals surface area contributed by atoms with E-state index in [0.717, 1.165) is 18.6 Å². The van der Waals surface area contributed by atoms with Crippen molar-refractivity contribution in [2.24, 2.45) is 0 Å². The van der Waals surface area contributed by atoms with Crippen molar-refractivity contribution in [1.82, 2.24) is 0 Å². The highest BCUT2D eigenvalue weighted by Gasteiger charge is 2.07. The average molecular weight is 294 g/mol. The van der Waals surface area contributed by atoms with Gasteiger partial charge in [-0.3, -0.25) is 0 Å². The van der Waals surface area contributed by atoms with Gasteiger partial charge in [0.15, 0.2) is 0 Å². The van der Waals surface area contributed by atoms with E-state index in [-0.39, 0.29) is 0 Å². The molecular weight excluding hydrogens is 268 g/mol. The van der Waals surface area contributed by atoms with Gasteiger partial charge in [0, 0.05) is 5.56 Å². The molecule has 0 aliphatic carbocycles. The van der Waals surface area contributed by atoms with Gasteiger partial charge in [0.25, 0.3) is 0 Å². The molecule has 0 fully saturated rings. The van der Waals surface area contributed by atoms with Crippen LogP contribution < -0.4 is 4.74 Å². The van der Waals surface area contributed by atoms with Crippen LogP contribution in [0.3, 0.4) is 0 Å².